The van der Waals surface area contributed by atoms with Crippen molar-refractivity contribution in [2.45, 2.75) is 17.4 Å². The predicted octanol–water partition coefficient (Wildman–Crippen LogP) is 2.55. The molecule has 3 rings (SSSR count). The second-order valence-corrected chi connectivity index (χ2v) is 7.15. The Morgan fingerprint density at radius 3 is 2.62 bits per heavy atom. The normalized spacial score (nSPS) is 17.0. The minimum Gasteiger partial charge on any atom is -0.308 e. The molecular formula is C16H17ClF2N2O2S. The lowest BCUT2D eigenvalue weighted by Crippen LogP contribution is -2.38. The van der Waals surface area contributed by atoms with Crippen molar-refractivity contribution in [3.8, 4) is 0 Å². The van der Waals surface area contributed by atoms with Crippen LogP contribution in [0.4, 0.5) is 8.78 Å². The van der Waals surface area contributed by atoms with E-state index >= 15 is 0 Å². The fourth-order valence-corrected chi connectivity index (χ4v) is 3.75. The van der Waals surface area contributed by atoms with Crippen molar-refractivity contribution in [2.24, 2.45) is 0 Å². The third kappa shape index (κ3) is 3.92. The summed E-state index contributed by atoms with van der Waals surface area (Å²) in [5, 5.41) is 3.26. The molecule has 4 nitrogen and oxygen atoms in total. The van der Waals surface area contributed by atoms with Gasteiger partial charge in [0, 0.05) is 12.6 Å². The van der Waals surface area contributed by atoms with Crippen LogP contribution in [0.3, 0.4) is 0 Å². The molecule has 1 aliphatic rings. The van der Waals surface area contributed by atoms with Crippen molar-refractivity contribution in [2.75, 3.05) is 13.1 Å². The number of rotatable bonds is 4. The summed E-state index contributed by atoms with van der Waals surface area (Å²) in [6.45, 7) is 0.896. The van der Waals surface area contributed by atoms with Gasteiger partial charge >= 0.3 is 0 Å². The van der Waals surface area contributed by atoms with E-state index in [1.807, 2.05) is 24.3 Å². The summed E-state index contributed by atoms with van der Waals surface area (Å²) in [6, 6.07) is 10.2. The number of hydrogen-bond donors (Lipinski definition) is 2. The molecule has 8 heteroatoms. The average Bonchev–Trinajstić information content (AvgIpc) is 2.55. The molecule has 130 valence electrons. The van der Waals surface area contributed by atoms with Crippen molar-refractivity contribution in [1.29, 1.82) is 0 Å². The van der Waals surface area contributed by atoms with Crippen LogP contribution in [0.15, 0.2) is 47.4 Å². The standard InChI is InChI=1S/C16H16F2N2O2S.ClH/c17-14-6-5-12(9-15(14)18)23(21,22)20-10-16-13-4-2-1-3-11(13)7-8-19-16;/h1-6,9,16,19-20H,7-8,10H2;1H. The molecule has 0 radical (unpaired) electrons. The molecule has 1 unspecified atom stereocenters. The van der Waals surface area contributed by atoms with Crippen molar-refractivity contribution < 1.29 is 17.2 Å². The summed E-state index contributed by atoms with van der Waals surface area (Å²) in [5.74, 6) is -2.26. The Kier molecular flexibility index (Phi) is 5.92. The number of nitrogens with one attached hydrogen (secondary N) is 2. The maximum atomic E-state index is 13.2. The van der Waals surface area contributed by atoms with Crippen molar-refractivity contribution in [3.63, 3.8) is 0 Å². The predicted molar refractivity (Wildman–Crippen MR) is 89.7 cm³/mol. The van der Waals surface area contributed by atoms with Gasteiger partial charge in [0.15, 0.2) is 11.6 Å². The van der Waals surface area contributed by atoms with Crippen molar-refractivity contribution in [1.82, 2.24) is 10.0 Å². The molecule has 2 aromatic carbocycles. The van der Waals surface area contributed by atoms with E-state index in [0.29, 0.717) is 6.07 Å². The minimum atomic E-state index is -3.90. The van der Waals surface area contributed by atoms with Crippen LogP contribution >= 0.6 is 12.4 Å². The second-order valence-electron chi connectivity index (χ2n) is 5.38. The lowest BCUT2D eigenvalue weighted by atomic mass is 9.95. The first-order valence-electron chi connectivity index (χ1n) is 7.23. The van der Waals surface area contributed by atoms with Gasteiger partial charge in [-0.15, -0.1) is 12.4 Å². The zero-order valence-electron chi connectivity index (χ0n) is 12.6. The van der Waals surface area contributed by atoms with E-state index < -0.39 is 21.7 Å². The van der Waals surface area contributed by atoms with Gasteiger partial charge in [0.2, 0.25) is 10.0 Å². The number of halogens is 3. The molecule has 0 saturated heterocycles. The third-order valence-electron chi connectivity index (χ3n) is 3.89. The molecule has 1 aliphatic heterocycles. The zero-order valence-corrected chi connectivity index (χ0v) is 14.3. The molecule has 0 bridgehead atoms. The summed E-state index contributed by atoms with van der Waals surface area (Å²) < 4.78 is 53.0. The molecule has 0 spiro atoms. The number of benzene rings is 2. The molecule has 0 fully saturated rings. The zero-order chi connectivity index (χ0) is 16.4. The van der Waals surface area contributed by atoms with Crippen molar-refractivity contribution >= 4 is 22.4 Å². The highest BCUT2D eigenvalue weighted by molar-refractivity contribution is 7.89. The number of fused-ring (bicyclic) bond motifs is 1. The first-order valence-corrected chi connectivity index (χ1v) is 8.71. The molecule has 0 amide bonds. The Morgan fingerprint density at radius 1 is 1.12 bits per heavy atom. The molecule has 0 aromatic heterocycles. The van der Waals surface area contributed by atoms with Crippen LogP contribution in [0.2, 0.25) is 0 Å². The van der Waals surface area contributed by atoms with Gasteiger partial charge in [-0.25, -0.2) is 21.9 Å². The minimum absolute atomic E-state index is 0. The van der Waals surface area contributed by atoms with Crippen LogP contribution in [0, 0.1) is 11.6 Å². The largest absolute Gasteiger partial charge is 0.308 e. The molecule has 1 heterocycles. The topological polar surface area (TPSA) is 58.2 Å². The molecule has 0 saturated carbocycles. The smallest absolute Gasteiger partial charge is 0.240 e. The van der Waals surface area contributed by atoms with Crippen LogP contribution in [-0.2, 0) is 16.4 Å². The SMILES string of the molecule is Cl.O=S(=O)(NCC1NCCc2ccccc21)c1ccc(F)c(F)c1. The van der Waals surface area contributed by atoms with Gasteiger partial charge in [-0.3, -0.25) is 0 Å². The van der Waals surface area contributed by atoms with Gasteiger partial charge < -0.3 is 5.32 Å². The summed E-state index contributed by atoms with van der Waals surface area (Å²) in [4.78, 5) is -0.291. The number of sulfonamides is 1. The molecule has 1 atom stereocenters. The van der Waals surface area contributed by atoms with E-state index in [4.69, 9.17) is 0 Å². The Bertz CT molecular complexity index is 831. The Labute approximate surface area is 145 Å². The Morgan fingerprint density at radius 2 is 1.88 bits per heavy atom. The van der Waals surface area contributed by atoms with E-state index in [9.17, 15) is 17.2 Å². The first kappa shape index (κ1) is 18.8. The van der Waals surface area contributed by atoms with E-state index in [0.717, 1.165) is 30.7 Å². The van der Waals surface area contributed by atoms with Gasteiger partial charge in [-0.1, -0.05) is 24.3 Å². The summed E-state index contributed by atoms with van der Waals surface area (Å²) in [7, 11) is -3.90. The van der Waals surface area contributed by atoms with Crippen molar-refractivity contribution in [3.05, 3.63) is 65.2 Å². The van der Waals surface area contributed by atoms with Crippen LogP contribution in [0.1, 0.15) is 17.2 Å². The van der Waals surface area contributed by atoms with E-state index in [1.165, 1.54) is 5.56 Å². The fraction of sp³-hybridized carbons (Fsp3) is 0.250. The lowest BCUT2D eigenvalue weighted by molar-refractivity contribution is 0.489. The fourth-order valence-electron chi connectivity index (χ4n) is 2.70. The molecule has 2 aromatic rings. The summed E-state index contributed by atoms with van der Waals surface area (Å²) >= 11 is 0. The maximum Gasteiger partial charge on any atom is 0.240 e. The Balaban J connectivity index is 0.00000208. The third-order valence-corrected chi connectivity index (χ3v) is 5.32. The first-order chi connectivity index (χ1) is 11.0. The highest BCUT2D eigenvalue weighted by atomic mass is 35.5. The second kappa shape index (κ2) is 7.57. The van der Waals surface area contributed by atoms with Crippen LogP contribution in [0.5, 0.6) is 0 Å². The van der Waals surface area contributed by atoms with Crippen LogP contribution in [-0.4, -0.2) is 21.5 Å². The highest BCUT2D eigenvalue weighted by Gasteiger charge is 2.22. The van der Waals surface area contributed by atoms with E-state index in [1.54, 1.807) is 0 Å². The summed E-state index contributed by atoms with van der Waals surface area (Å²) in [5.41, 5.74) is 2.23. The average molecular weight is 375 g/mol. The molecular weight excluding hydrogens is 358 g/mol. The molecule has 2 N–H and O–H groups in total. The molecule has 0 aliphatic carbocycles. The lowest BCUT2D eigenvalue weighted by Gasteiger charge is -2.27. The number of hydrogen-bond acceptors (Lipinski definition) is 3. The van der Waals surface area contributed by atoms with Gasteiger partial charge in [0.05, 0.1) is 4.90 Å². The maximum absolute atomic E-state index is 13.2. The van der Waals surface area contributed by atoms with Gasteiger partial charge in [-0.05, 0) is 42.3 Å². The highest BCUT2D eigenvalue weighted by Crippen LogP contribution is 2.22. The molecule has 24 heavy (non-hydrogen) atoms. The van der Waals surface area contributed by atoms with E-state index in [2.05, 4.69) is 10.0 Å². The van der Waals surface area contributed by atoms with Gasteiger partial charge in [-0.2, -0.15) is 0 Å². The monoisotopic (exact) mass is 374 g/mol. The van der Waals surface area contributed by atoms with Gasteiger partial charge in [0.25, 0.3) is 0 Å². The summed E-state index contributed by atoms with van der Waals surface area (Å²) in [6.07, 6.45) is 0.891. The Hall–Kier alpha value is -1.54. The quantitative estimate of drug-likeness (QED) is 0.864. The van der Waals surface area contributed by atoms with Gasteiger partial charge in [0.1, 0.15) is 0 Å². The van der Waals surface area contributed by atoms with Crippen LogP contribution in [0.25, 0.3) is 0 Å². The van der Waals surface area contributed by atoms with E-state index in [-0.39, 0.29) is 29.9 Å². The van der Waals surface area contributed by atoms with Crippen LogP contribution < -0.4 is 10.0 Å².